The third kappa shape index (κ3) is 5.09. The number of benzene rings is 2. The second kappa shape index (κ2) is 8.35. The van der Waals surface area contributed by atoms with E-state index in [-0.39, 0.29) is 6.03 Å². The molecule has 1 heterocycles. The molecule has 1 aliphatic heterocycles. The molecule has 0 spiro atoms. The first-order valence-corrected chi connectivity index (χ1v) is 8.53. The quantitative estimate of drug-likeness (QED) is 0.901. The van der Waals surface area contributed by atoms with Crippen LogP contribution in [0.2, 0.25) is 0 Å². The van der Waals surface area contributed by atoms with E-state index in [9.17, 15) is 4.79 Å². The first-order valence-electron chi connectivity index (χ1n) is 8.53. The van der Waals surface area contributed by atoms with Crippen LogP contribution in [0.3, 0.4) is 0 Å². The molecule has 0 saturated carbocycles. The number of carbonyl (C=O) groups excluding carboxylic acids is 1. The molecule has 5 heteroatoms. The molecule has 3 rings (SSSR count). The van der Waals surface area contributed by atoms with E-state index in [0.717, 1.165) is 37.4 Å². The van der Waals surface area contributed by atoms with Gasteiger partial charge >= 0.3 is 6.03 Å². The van der Waals surface area contributed by atoms with Crippen molar-refractivity contribution in [3.8, 4) is 0 Å². The van der Waals surface area contributed by atoms with E-state index in [1.54, 1.807) is 6.20 Å². The third-order valence-corrected chi connectivity index (χ3v) is 4.28. The fourth-order valence-corrected chi connectivity index (χ4v) is 2.77. The van der Waals surface area contributed by atoms with Gasteiger partial charge in [-0.25, -0.2) is 4.79 Å². The van der Waals surface area contributed by atoms with Gasteiger partial charge in [-0.1, -0.05) is 30.3 Å². The Labute approximate surface area is 148 Å². The number of rotatable bonds is 4. The Morgan fingerprint density at radius 2 is 1.64 bits per heavy atom. The van der Waals surface area contributed by atoms with E-state index < -0.39 is 0 Å². The summed E-state index contributed by atoms with van der Waals surface area (Å²) >= 11 is 0. The monoisotopic (exact) mass is 336 g/mol. The maximum atomic E-state index is 11.9. The highest BCUT2D eigenvalue weighted by Gasteiger charge is 2.13. The average molecular weight is 336 g/mol. The number of carbonyl (C=O) groups is 1. The summed E-state index contributed by atoms with van der Waals surface area (Å²) in [5.41, 5.74) is 3.02. The summed E-state index contributed by atoms with van der Waals surface area (Å²) in [5.74, 6) is 0. The van der Waals surface area contributed by atoms with Crippen LogP contribution in [-0.4, -0.2) is 44.2 Å². The molecule has 0 atom stereocenters. The Bertz CT molecular complexity index is 704. The van der Waals surface area contributed by atoms with E-state index >= 15 is 0 Å². The van der Waals surface area contributed by atoms with Crippen molar-refractivity contribution in [2.45, 2.75) is 0 Å². The van der Waals surface area contributed by atoms with Crippen molar-refractivity contribution in [2.75, 3.05) is 43.4 Å². The van der Waals surface area contributed by atoms with Crippen molar-refractivity contribution in [3.05, 3.63) is 66.4 Å². The minimum absolute atomic E-state index is 0.250. The van der Waals surface area contributed by atoms with Gasteiger partial charge in [-0.3, -0.25) is 0 Å². The Morgan fingerprint density at radius 1 is 0.960 bits per heavy atom. The maximum Gasteiger partial charge on any atom is 0.323 e. The molecule has 2 aromatic carbocycles. The first kappa shape index (κ1) is 17.0. The Balaban J connectivity index is 1.49. The van der Waals surface area contributed by atoms with Crippen molar-refractivity contribution in [2.24, 2.45) is 0 Å². The summed E-state index contributed by atoms with van der Waals surface area (Å²) in [6.45, 7) is 4.23. The third-order valence-electron chi connectivity index (χ3n) is 4.28. The van der Waals surface area contributed by atoms with Crippen LogP contribution in [0.5, 0.6) is 0 Å². The van der Waals surface area contributed by atoms with Gasteiger partial charge in [0, 0.05) is 43.8 Å². The van der Waals surface area contributed by atoms with Gasteiger partial charge in [-0.2, -0.15) is 0 Å². The first-order chi connectivity index (χ1) is 12.2. The van der Waals surface area contributed by atoms with Crippen LogP contribution in [0.25, 0.3) is 6.08 Å². The highest BCUT2D eigenvalue weighted by Crippen LogP contribution is 2.19. The molecular formula is C20H24N4O. The predicted molar refractivity (Wildman–Crippen MR) is 104 cm³/mol. The van der Waals surface area contributed by atoms with Gasteiger partial charge in [0.1, 0.15) is 0 Å². The van der Waals surface area contributed by atoms with Crippen molar-refractivity contribution in [1.29, 1.82) is 0 Å². The Morgan fingerprint density at radius 3 is 2.32 bits per heavy atom. The Kier molecular flexibility index (Phi) is 5.69. The van der Waals surface area contributed by atoms with Gasteiger partial charge in [0.15, 0.2) is 0 Å². The largest absolute Gasteiger partial charge is 0.369 e. The van der Waals surface area contributed by atoms with Crippen molar-refractivity contribution in [1.82, 2.24) is 10.2 Å². The van der Waals surface area contributed by atoms with Crippen LogP contribution in [0.4, 0.5) is 16.2 Å². The molecule has 1 saturated heterocycles. The molecule has 25 heavy (non-hydrogen) atoms. The highest BCUT2D eigenvalue weighted by molar-refractivity contribution is 5.90. The van der Waals surface area contributed by atoms with E-state index in [1.165, 1.54) is 5.69 Å². The van der Waals surface area contributed by atoms with Crippen LogP contribution >= 0.6 is 0 Å². The van der Waals surface area contributed by atoms with E-state index in [4.69, 9.17) is 0 Å². The zero-order valence-corrected chi connectivity index (χ0v) is 14.5. The minimum Gasteiger partial charge on any atom is -0.369 e. The fraction of sp³-hybridized carbons (Fsp3) is 0.250. The topological polar surface area (TPSA) is 47.6 Å². The van der Waals surface area contributed by atoms with Crippen LogP contribution in [-0.2, 0) is 0 Å². The summed E-state index contributed by atoms with van der Waals surface area (Å²) in [6.07, 6.45) is 3.50. The standard InChI is InChI=1S/C20H24N4O/c1-23-13-15-24(16-14-23)19-9-7-18(8-10-19)22-20(25)21-12-11-17-5-3-2-4-6-17/h2-12H,13-16H2,1H3,(H2,21,22,25)/b12-11+. The molecule has 0 aromatic heterocycles. The van der Waals surface area contributed by atoms with Gasteiger partial charge in [-0.05, 0) is 43.0 Å². The SMILES string of the molecule is CN1CCN(c2ccc(NC(=O)N/C=C/c3ccccc3)cc2)CC1. The molecule has 130 valence electrons. The van der Waals surface area contributed by atoms with Crippen molar-refractivity contribution in [3.63, 3.8) is 0 Å². The molecule has 2 N–H and O–H groups in total. The minimum atomic E-state index is -0.250. The van der Waals surface area contributed by atoms with Crippen LogP contribution < -0.4 is 15.5 Å². The number of hydrogen-bond donors (Lipinski definition) is 2. The van der Waals surface area contributed by atoms with E-state index in [1.807, 2.05) is 48.5 Å². The number of likely N-dealkylation sites (N-methyl/N-ethyl adjacent to an activating group) is 1. The van der Waals surface area contributed by atoms with Crippen LogP contribution in [0.1, 0.15) is 5.56 Å². The number of anilines is 2. The van der Waals surface area contributed by atoms with E-state index in [0.29, 0.717) is 0 Å². The molecule has 0 bridgehead atoms. The molecule has 0 radical (unpaired) electrons. The molecule has 2 amide bonds. The molecule has 0 aliphatic carbocycles. The number of amides is 2. The summed E-state index contributed by atoms with van der Waals surface area (Å²) in [5, 5.41) is 5.55. The molecular weight excluding hydrogens is 312 g/mol. The summed E-state index contributed by atoms with van der Waals surface area (Å²) in [4.78, 5) is 16.6. The zero-order valence-electron chi connectivity index (χ0n) is 14.5. The molecule has 0 unspecified atom stereocenters. The van der Waals surface area contributed by atoms with Crippen molar-refractivity contribution < 1.29 is 4.79 Å². The molecule has 1 fully saturated rings. The lowest BCUT2D eigenvalue weighted by Crippen LogP contribution is -2.44. The van der Waals surface area contributed by atoms with Crippen LogP contribution in [0.15, 0.2) is 60.8 Å². The van der Waals surface area contributed by atoms with Crippen molar-refractivity contribution >= 4 is 23.5 Å². The summed E-state index contributed by atoms with van der Waals surface area (Å²) in [7, 11) is 2.15. The summed E-state index contributed by atoms with van der Waals surface area (Å²) in [6, 6.07) is 17.6. The van der Waals surface area contributed by atoms with Crippen LogP contribution in [0, 0.1) is 0 Å². The number of nitrogens with zero attached hydrogens (tertiary/aromatic N) is 2. The fourth-order valence-electron chi connectivity index (χ4n) is 2.77. The number of piperazine rings is 1. The smallest absolute Gasteiger partial charge is 0.323 e. The number of hydrogen-bond acceptors (Lipinski definition) is 3. The van der Waals surface area contributed by atoms with Gasteiger partial charge in [0.25, 0.3) is 0 Å². The molecule has 2 aromatic rings. The number of urea groups is 1. The van der Waals surface area contributed by atoms with Gasteiger partial charge in [-0.15, -0.1) is 0 Å². The van der Waals surface area contributed by atoms with E-state index in [2.05, 4.69) is 39.6 Å². The molecule has 1 aliphatic rings. The average Bonchev–Trinajstić information content (AvgIpc) is 2.64. The lowest BCUT2D eigenvalue weighted by atomic mass is 10.2. The Hall–Kier alpha value is -2.79. The lowest BCUT2D eigenvalue weighted by molar-refractivity contribution is 0.255. The van der Waals surface area contributed by atoms with Gasteiger partial charge < -0.3 is 20.4 Å². The summed E-state index contributed by atoms with van der Waals surface area (Å²) < 4.78 is 0. The number of nitrogens with one attached hydrogen (secondary N) is 2. The highest BCUT2D eigenvalue weighted by atomic mass is 16.2. The lowest BCUT2D eigenvalue weighted by Gasteiger charge is -2.34. The van der Waals surface area contributed by atoms with Gasteiger partial charge in [0.05, 0.1) is 0 Å². The second-order valence-electron chi connectivity index (χ2n) is 6.18. The zero-order chi connectivity index (χ0) is 17.5. The predicted octanol–water partition coefficient (Wildman–Crippen LogP) is 3.23. The second-order valence-corrected chi connectivity index (χ2v) is 6.18. The molecule has 5 nitrogen and oxygen atoms in total. The maximum absolute atomic E-state index is 11.9. The normalized spacial score (nSPS) is 15.3. The van der Waals surface area contributed by atoms with Gasteiger partial charge in [0.2, 0.25) is 0 Å².